The van der Waals surface area contributed by atoms with Crippen LogP contribution in [-0.2, 0) is 4.74 Å². The minimum Gasteiger partial charge on any atom is -0.495 e. The lowest BCUT2D eigenvalue weighted by atomic mass is 9.71. The number of fused-ring (bicyclic) bond motifs is 2. The SMILES string of the molecule is COc1ccc(C)cc1NC(=O)OC1CC2CCCC(C2)C1. The van der Waals surface area contributed by atoms with Crippen LogP contribution >= 0.6 is 0 Å². The van der Waals surface area contributed by atoms with Gasteiger partial charge in [0.1, 0.15) is 11.9 Å². The fraction of sp³-hybridized carbons (Fsp3) is 0.611. The second kappa shape index (κ2) is 6.59. The van der Waals surface area contributed by atoms with Crippen molar-refractivity contribution in [2.24, 2.45) is 11.8 Å². The summed E-state index contributed by atoms with van der Waals surface area (Å²) in [5, 5.41) is 2.83. The number of anilines is 1. The third-order valence-electron chi connectivity index (χ3n) is 4.95. The molecule has 1 aromatic rings. The lowest BCUT2D eigenvalue weighted by Gasteiger charge is -2.38. The predicted molar refractivity (Wildman–Crippen MR) is 86.3 cm³/mol. The molecule has 0 saturated heterocycles. The second-order valence-corrected chi connectivity index (χ2v) is 6.73. The van der Waals surface area contributed by atoms with Crippen LogP contribution in [0.3, 0.4) is 0 Å². The molecule has 3 rings (SSSR count). The number of rotatable bonds is 3. The van der Waals surface area contributed by atoms with Gasteiger partial charge in [-0.05, 0) is 55.7 Å². The van der Waals surface area contributed by atoms with Crippen molar-refractivity contribution in [2.75, 3.05) is 12.4 Å². The Bertz CT molecular complexity index is 531. The third-order valence-corrected chi connectivity index (χ3v) is 4.95. The summed E-state index contributed by atoms with van der Waals surface area (Å²) in [6.45, 7) is 1.98. The largest absolute Gasteiger partial charge is 0.495 e. The maximum Gasteiger partial charge on any atom is 0.412 e. The maximum absolute atomic E-state index is 12.2. The Balaban J connectivity index is 1.59. The van der Waals surface area contributed by atoms with E-state index in [9.17, 15) is 4.79 Å². The van der Waals surface area contributed by atoms with Crippen molar-refractivity contribution in [3.05, 3.63) is 23.8 Å². The Morgan fingerprint density at radius 1 is 1.18 bits per heavy atom. The molecule has 2 aliphatic carbocycles. The van der Waals surface area contributed by atoms with E-state index in [4.69, 9.17) is 9.47 Å². The zero-order chi connectivity index (χ0) is 15.5. The first-order valence-electron chi connectivity index (χ1n) is 8.26. The molecule has 4 nitrogen and oxygen atoms in total. The Hall–Kier alpha value is -1.71. The molecule has 0 heterocycles. The van der Waals surface area contributed by atoms with Crippen molar-refractivity contribution < 1.29 is 14.3 Å². The van der Waals surface area contributed by atoms with E-state index in [2.05, 4.69) is 5.32 Å². The van der Waals surface area contributed by atoms with Crippen LogP contribution in [0.25, 0.3) is 0 Å². The molecule has 2 bridgehead atoms. The van der Waals surface area contributed by atoms with Gasteiger partial charge in [0.05, 0.1) is 12.8 Å². The Morgan fingerprint density at radius 3 is 2.59 bits per heavy atom. The zero-order valence-corrected chi connectivity index (χ0v) is 13.4. The number of methoxy groups -OCH3 is 1. The lowest BCUT2D eigenvalue weighted by Crippen LogP contribution is -2.34. The number of aryl methyl sites for hydroxylation is 1. The van der Waals surface area contributed by atoms with E-state index in [0.29, 0.717) is 11.4 Å². The molecule has 120 valence electrons. The van der Waals surface area contributed by atoms with Gasteiger partial charge in [0, 0.05) is 0 Å². The van der Waals surface area contributed by atoms with Gasteiger partial charge in [-0.15, -0.1) is 0 Å². The van der Waals surface area contributed by atoms with Crippen molar-refractivity contribution in [1.82, 2.24) is 0 Å². The molecule has 2 saturated carbocycles. The van der Waals surface area contributed by atoms with E-state index < -0.39 is 0 Å². The van der Waals surface area contributed by atoms with Crippen LogP contribution in [0.2, 0.25) is 0 Å². The van der Waals surface area contributed by atoms with E-state index in [1.807, 2.05) is 25.1 Å². The van der Waals surface area contributed by atoms with Crippen LogP contribution < -0.4 is 10.1 Å². The van der Waals surface area contributed by atoms with Crippen LogP contribution in [0.5, 0.6) is 5.75 Å². The molecule has 0 spiro atoms. The summed E-state index contributed by atoms with van der Waals surface area (Å²) in [7, 11) is 1.60. The summed E-state index contributed by atoms with van der Waals surface area (Å²) in [5.74, 6) is 2.15. The molecule has 1 aromatic carbocycles. The van der Waals surface area contributed by atoms with E-state index in [-0.39, 0.29) is 12.2 Å². The molecule has 2 fully saturated rings. The fourth-order valence-corrected chi connectivity index (χ4v) is 3.98. The summed E-state index contributed by atoms with van der Waals surface area (Å²) >= 11 is 0. The van der Waals surface area contributed by atoms with Crippen LogP contribution in [-0.4, -0.2) is 19.3 Å². The molecule has 2 atom stereocenters. The summed E-state index contributed by atoms with van der Waals surface area (Å²) < 4.78 is 10.9. The van der Waals surface area contributed by atoms with Gasteiger partial charge >= 0.3 is 6.09 Å². The minimum atomic E-state index is -0.367. The second-order valence-electron chi connectivity index (χ2n) is 6.73. The van der Waals surface area contributed by atoms with Crippen LogP contribution in [0.4, 0.5) is 10.5 Å². The third kappa shape index (κ3) is 3.54. The number of amides is 1. The van der Waals surface area contributed by atoms with E-state index in [1.165, 1.54) is 25.7 Å². The van der Waals surface area contributed by atoms with E-state index >= 15 is 0 Å². The Kier molecular flexibility index (Phi) is 4.55. The lowest BCUT2D eigenvalue weighted by molar-refractivity contribution is 0.0303. The Morgan fingerprint density at radius 2 is 1.91 bits per heavy atom. The van der Waals surface area contributed by atoms with Crippen molar-refractivity contribution in [3.8, 4) is 5.75 Å². The standard InChI is InChI=1S/C18H25NO3/c1-12-6-7-17(21-2)16(8-12)19-18(20)22-15-10-13-4-3-5-14(9-13)11-15/h6-8,13-15H,3-5,9-11H2,1-2H3,(H,19,20). The van der Waals surface area contributed by atoms with Crippen molar-refractivity contribution in [2.45, 2.75) is 51.6 Å². The Labute approximate surface area is 132 Å². The molecular formula is C18H25NO3. The highest BCUT2D eigenvalue weighted by Crippen LogP contribution is 2.40. The molecule has 0 aliphatic heterocycles. The molecule has 2 aliphatic rings. The van der Waals surface area contributed by atoms with Gasteiger partial charge < -0.3 is 9.47 Å². The monoisotopic (exact) mass is 303 g/mol. The van der Waals surface area contributed by atoms with Crippen LogP contribution in [0.1, 0.15) is 44.1 Å². The van der Waals surface area contributed by atoms with Crippen LogP contribution in [0, 0.1) is 18.8 Å². The number of carbonyl (C=O) groups is 1. The number of ether oxygens (including phenoxy) is 2. The average molecular weight is 303 g/mol. The molecule has 0 radical (unpaired) electrons. The summed E-state index contributed by atoms with van der Waals surface area (Å²) in [6, 6.07) is 5.71. The average Bonchev–Trinajstić information content (AvgIpc) is 2.47. The van der Waals surface area contributed by atoms with Gasteiger partial charge in [-0.2, -0.15) is 0 Å². The fourth-order valence-electron chi connectivity index (χ4n) is 3.98. The predicted octanol–water partition coefficient (Wildman–Crippen LogP) is 4.52. The topological polar surface area (TPSA) is 47.6 Å². The first-order chi connectivity index (χ1) is 10.6. The first-order valence-corrected chi connectivity index (χ1v) is 8.26. The van der Waals surface area contributed by atoms with Gasteiger partial charge in [-0.1, -0.05) is 25.3 Å². The van der Waals surface area contributed by atoms with Crippen LogP contribution in [0.15, 0.2) is 18.2 Å². The van der Waals surface area contributed by atoms with Gasteiger partial charge in [0.15, 0.2) is 0 Å². The quantitative estimate of drug-likeness (QED) is 0.893. The van der Waals surface area contributed by atoms with Crippen molar-refractivity contribution in [1.29, 1.82) is 0 Å². The highest BCUT2D eigenvalue weighted by molar-refractivity contribution is 5.87. The molecule has 22 heavy (non-hydrogen) atoms. The van der Waals surface area contributed by atoms with E-state index in [0.717, 1.165) is 30.2 Å². The molecule has 1 amide bonds. The molecule has 0 aromatic heterocycles. The van der Waals surface area contributed by atoms with Gasteiger partial charge in [0.2, 0.25) is 0 Å². The number of nitrogens with one attached hydrogen (secondary N) is 1. The number of carbonyl (C=O) groups excluding carboxylic acids is 1. The minimum absolute atomic E-state index is 0.0693. The molecular weight excluding hydrogens is 278 g/mol. The highest BCUT2D eigenvalue weighted by atomic mass is 16.6. The summed E-state index contributed by atoms with van der Waals surface area (Å²) in [5.41, 5.74) is 1.74. The maximum atomic E-state index is 12.2. The van der Waals surface area contributed by atoms with E-state index in [1.54, 1.807) is 7.11 Å². The van der Waals surface area contributed by atoms with Crippen molar-refractivity contribution in [3.63, 3.8) is 0 Å². The van der Waals surface area contributed by atoms with Gasteiger partial charge in [-0.3, -0.25) is 5.32 Å². The van der Waals surface area contributed by atoms with Gasteiger partial charge in [-0.25, -0.2) is 4.79 Å². The smallest absolute Gasteiger partial charge is 0.412 e. The normalized spacial score (nSPS) is 27.1. The molecule has 4 heteroatoms. The summed E-state index contributed by atoms with van der Waals surface area (Å²) in [4.78, 5) is 12.2. The van der Waals surface area contributed by atoms with Crippen molar-refractivity contribution >= 4 is 11.8 Å². The highest BCUT2D eigenvalue weighted by Gasteiger charge is 2.33. The zero-order valence-electron chi connectivity index (χ0n) is 13.4. The number of hydrogen-bond acceptors (Lipinski definition) is 3. The molecule has 1 N–H and O–H groups in total. The molecule has 2 unspecified atom stereocenters. The van der Waals surface area contributed by atoms with Gasteiger partial charge in [0.25, 0.3) is 0 Å². The summed E-state index contributed by atoms with van der Waals surface area (Å²) in [6.07, 6.45) is 7.01. The number of hydrogen-bond donors (Lipinski definition) is 1. The first kappa shape index (κ1) is 15.2. The number of benzene rings is 1.